The molecule has 1 atom stereocenters. The second-order valence-electron chi connectivity index (χ2n) is 7.22. The first kappa shape index (κ1) is 35.2. The molecule has 0 aromatic heterocycles. The molecule has 1 N–H and O–H groups in total. The molecule has 0 amide bonds. The molecule has 1 aromatic rings. The zero-order valence-electron chi connectivity index (χ0n) is 21.5. The molecule has 34 heavy (non-hydrogen) atoms. The smallest absolute Gasteiger partial charge is 0.332 e. The fraction of sp³-hybridized carbons (Fsp3) is 0.393. The van der Waals surface area contributed by atoms with Gasteiger partial charge in [-0.05, 0) is 31.7 Å². The number of benzene rings is 1. The van der Waals surface area contributed by atoms with Gasteiger partial charge in [-0.1, -0.05) is 95.8 Å². The summed E-state index contributed by atoms with van der Waals surface area (Å²) in [6.45, 7) is 21.4. The van der Waals surface area contributed by atoms with Crippen LogP contribution in [-0.4, -0.2) is 36.7 Å². The first-order chi connectivity index (χ1) is 16.0. The van der Waals surface area contributed by atoms with E-state index in [0.29, 0.717) is 18.1 Å². The number of carbonyl (C=O) groups excluding carboxylic acids is 2. The third-order valence-electron chi connectivity index (χ3n) is 4.11. The minimum Gasteiger partial charge on any atom is -0.478 e. The molecule has 1 aromatic carbocycles. The van der Waals surface area contributed by atoms with E-state index < -0.39 is 5.97 Å². The van der Waals surface area contributed by atoms with Gasteiger partial charge in [0.15, 0.2) is 0 Å². The lowest BCUT2D eigenvalue weighted by Crippen LogP contribution is -2.12. The lowest BCUT2D eigenvalue weighted by molar-refractivity contribution is -0.139. The highest BCUT2D eigenvalue weighted by Crippen LogP contribution is 2.12. The number of aliphatic carboxylic acids is 1. The number of rotatable bonds is 10. The summed E-state index contributed by atoms with van der Waals surface area (Å²) in [4.78, 5) is 30.6. The standard InChI is InChI=1S/C11H20O2.C8H8.C5H8O2.C4H6O2/c1-4-7-8-10(5-2)9-13-11(12)6-3;1-2-8-6-4-3-5-7-8;1-4(2)5(6)7-3;1-3(2)4(5)6/h6,10H,3-5,7-9H2,1-2H3;2-7H,1H2;1H2,2-3H3;1H2,2H3,(H,5,6). The van der Waals surface area contributed by atoms with Gasteiger partial charge in [-0.25, -0.2) is 14.4 Å². The van der Waals surface area contributed by atoms with E-state index in [9.17, 15) is 14.4 Å². The largest absolute Gasteiger partial charge is 0.478 e. The highest BCUT2D eigenvalue weighted by atomic mass is 16.5. The van der Waals surface area contributed by atoms with E-state index >= 15 is 0 Å². The van der Waals surface area contributed by atoms with Crippen molar-refractivity contribution in [1.29, 1.82) is 0 Å². The van der Waals surface area contributed by atoms with Gasteiger partial charge in [0.25, 0.3) is 0 Å². The molecule has 1 unspecified atom stereocenters. The molecule has 0 saturated carbocycles. The summed E-state index contributed by atoms with van der Waals surface area (Å²) in [6.07, 6.45) is 7.68. The van der Waals surface area contributed by atoms with Crippen molar-refractivity contribution in [3.05, 3.63) is 79.4 Å². The van der Waals surface area contributed by atoms with Crippen LogP contribution in [-0.2, 0) is 23.9 Å². The van der Waals surface area contributed by atoms with Crippen LogP contribution in [0.4, 0.5) is 0 Å². The molecule has 0 heterocycles. The van der Waals surface area contributed by atoms with Crippen LogP contribution >= 0.6 is 0 Å². The van der Waals surface area contributed by atoms with Gasteiger partial charge in [0.2, 0.25) is 0 Å². The first-order valence-corrected chi connectivity index (χ1v) is 11.1. The number of methoxy groups -OCH3 is 1. The topological polar surface area (TPSA) is 89.9 Å². The van der Waals surface area contributed by atoms with Crippen molar-refractivity contribution in [1.82, 2.24) is 0 Å². The Kier molecular flexibility index (Phi) is 25.1. The Labute approximate surface area is 205 Å². The van der Waals surface area contributed by atoms with E-state index in [1.54, 1.807) is 6.92 Å². The first-order valence-electron chi connectivity index (χ1n) is 11.1. The number of carboxylic acid groups (broad SMARTS) is 1. The summed E-state index contributed by atoms with van der Waals surface area (Å²) in [5.74, 6) is -1.08. The van der Waals surface area contributed by atoms with Crippen molar-refractivity contribution in [2.75, 3.05) is 13.7 Å². The Morgan fingerprint density at radius 1 is 1.03 bits per heavy atom. The second kappa shape index (κ2) is 24.2. The van der Waals surface area contributed by atoms with Crippen LogP contribution in [0.2, 0.25) is 0 Å². The Hall–Kier alpha value is -3.41. The molecule has 6 heteroatoms. The van der Waals surface area contributed by atoms with Crippen LogP contribution in [0.1, 0.15) is 58.9 Å². The number of carboxylic acids is 1. The van der Waals surface area contributed by atoms with Crippen molar-refractivity contribution in [3.8, 4) is 0 Å². The number of unbranched alkanes of at least 4 members (excludes halogenated alkanes) is 1. The molecule has 190 valence electrons. The molecule has 0 saturated heterocycles. The van der Waals surface area contributed by atoms with Crippen LogP contribution in [0.15, 0.2) is 73.9 Å². The minimum absolute atomic E-state index is 0.176. The monoisotopic (exact) mass is 474 g/mol. The number of hydrogen-bond donors (Lipinski definition) is 1. The predicted octanol–water partition coefficient (Wildman–Crippen LogP) is 6.64. The summed E-state index contributed by atoms with van der Waals surface area (Å²) < 4.78 is 9.26. The van der Waals surface area contributed by atoms with Gasteiger partial charge >= 0.3 is 17.9 Å². The van der Waals surface area contributed by atoms with Crippen molar-refractivity contribution >= 4 is 24.0 Å². The Balaban J connectivity index is -0.000000397. The van der Waals surface area contributed by atoms with Gasteiger partial charge in [-0.15, -0.1) is 0 Å². The summed E-state index contributed by atoms with van der Waals surface area (Å²) in [6, 6.07) is 10.0. The Bertz CT molecular complexity index is 737. The molecule has 6 nitrogen and oxygen atoms in total. The van der Waals surface area contributed by atoms with Crippen molar-refractivity contribution < 1.29 is 29.0 Å². The highest BCUT2D eigenvalue weighted by Gasteiger charge is 2.07. The fourth-order valence-corrected chi connectivity index (χ4v) is 1.92. The molecule has 0 fully saturated rings. The average Bonchev–Trinajstić information content (AvgIpc) is 2.84. The maximum Gasteiger partial charge on any atom is 0.332 e. The van der Waals surface area contributed by atoms with Crippen LogP contribution in [0.3, 0.4) is 0 Å². The highest BCUT2D eigenvalue weighted by molar-refractivity contribution is 5.86. The van der Waals surface area contributed by atoms with E-state index in [4.69, 9.17) is 9.84 Å². The van der Waals surface area contributed by atoms with Gasteiger partial charge in [-0.2, -0.15) is 0 Å². The zero-order chi connectivity index (χ0) is 26.9. The number of hydrogen-bond acceptors (Lipinski definition) is 5. The predicted molar refractivity (Wildman–Crippen MR) is 140 cm³/mol. The van der Waals surface area contributed by atoms with E-state index in [1.807, 2.05) is 36.4 Å². The normalized spacial score (nSPS) is 9.56. The fourth-order valence-electron chi connectivity index (χ4n) is 1.92. The molecule has 0 aliphatic heterocycles. The SMILES string of the molecule is C=C(C)C(=O)O.C=C(C)C(=O)OC.C=CC(=O)OCC(CC)CCCC.C=Cc1ccccc1. The van der Waals surface area contributed by atoms with E-state index in [1.165, 1.54) is 38.5 Å². The maximum absolute atomic E-state index is 10.8. The molecule has 0 spiro atoms. The van der Waals surface area contributed by atoms with Gasteiger partial charge in [0.05, 0.1) is 13.7 Å². The summed E-state index contributed by atoms with van der Waals surface area (Å²) in [5.41, 5.74) is 1.78. The minimum atomic E-state index is -0.935. The van der Waals surface area contributed by atoms with Crippen LogP contribution in [0.5, 0.6) is 0 Å². The third kappa shape index (κ3) is 24.9. The average molecular weight is 475 g/mol. The molecule has 1 rings (SSSR count). The third-order valence-corrected chi connectivity index (χ3v) is 4.11. The number of ether oxygens (including phenoxy) is 2. The van der Waals surface area contributed by atoms with Gasteiger partial charge in [0, 0.05) is 17.2 Å². The van der Waals surface area contributed by atoms with Gasteiger partial charge < -0.3 is 14.6 Å². The van der Waals surface area contributed by atoms with E-state index in [-0.39, 0.29) is 17.5 Å². The van der Waals surface area contributed by atoms with Crippen LogP contribution in [0.25, 0.3) is 6.08 Å². The molecular weight excluding hydrogens is 432 g/mol. The van der Waals surface area contributed by atoms with Crippen LogP contribution < -0.4 is 0 Å². The Morgan fingerprint density at radius 2 is 1.56 bits per heavy atom. The summed E-state index contributed by atoms with van der Waals surface area (Å²) >= 11 is 0. The van der Waals surface area contributed by atoms with Crippen molar-refractivity contribution in [2.24, 2.45) is 5.92 Å². The van der Waals surface area contributed by atoms with Crippen molar-refractivity contribution in [3.63, 3.8) is 0 Å². The summed E-state index contributed by atoms with van der Waals surface area (Å²) in [7, 11) is 1.33. The lowest BCUT2D eigenvalue weighted by Gasteiger charge is -2.13. The van der Waals surface area contributed by atoms with Crippen molar-refractivity contribution in [2.45, 2.75) is 53.4 Å². The van der Waals surface area contributed by atoms with Gasteiger partial charge in [0.1, 0.15) is 0 Å². The molecule has 0 bridgehead atoms. The maximum atomic E-state index is 10.8. The Morgan fingerprint density at radius 3 is 1.82 bits per heavy atom. The van der Waals surface area contributed by atoms with Crippen LogP contribution in [0, 0.1) is 5.92 Å². The van der Waals surface area contributed by atoms with E-state index in [2.05, 4.69) is 44.9 Å². The van der Waals surface area contributed by atoms with Gasteiger partial charge in [-0.3, -0.25) is 0 Å². The molecule has 0 aliphatic rings. The molecular formula is C28H42O6. The molecule has 0 aliphatic carbocycles. The number of esters is 2. The quantitative estimate of drug-likeness (QED) is 0.302. The molecule has 0 radical (unpaired) electrons. The number of carbonyl (C=O) groups is 3. The zero-order valence-corrected chi connectivity index (χ0v) is 21.5. The lowest BCUT2D eigenvalue weighted by atomic mass is 10.0. The second-order valence-corrected chi connectivity index (χ2v) is 7.22. The van der Waals surface area contributed by atoms with E-state index in [0.717, 1.165) is 12.8 Å². The summed E-state index contributed by atoms with van der Waals surface area (Å²) in [5, 5.41) is 7.89.